The molecular formula is C21H19F3N2O2S2. The Morgan fingerprint density at radius 2 is 1.87 bits per heavy atom. The normalized spacial score (nSPS) is 12.0. The number of ether oxygens (including phenoxy) is 1. The predicted molar refractivity (Wildman–Crippen MR) is 113 cm³/mol. The molecule has 0 saturated heterocycles. The number of halogens is 3. The fourth-order valence-corrected chi connectivity index (χ4v) is 3.69. The van der Waals surface area contributed by atoms with Gasteiger partial charge in [0.2, 0.25) is 0 Å². The number of thiol groups is 1. The van der Waals surface area contributed by atoms with E-state index >= 15 is 0 Å². The molecule has 0 aliphatic rings. The topological polar surface area (TPSA) is 51.2 Å². The number of nitrogens with zero attached hydrogens (tertiary/aromatic N) is 1. The number of carbonyl (C=O) groups is 1. The van der Waals surface area contributed by atoms with Crippen LogP contribution in [0.1, 0.15) is 17.1 Å². The van der Waals surface area contributed by atoms with E-state index in [1.165, 1.54) is 11.3 Å². The Hall–Kier alpha value is -2.36. The summed E-state index contributed by atoms with van der Waals surface area (Å²) >= 11 is 5.56. The van der Waals surface area contributed by atoms with E-state index in [-0.39, 0.29) is 18.2 Å². The summed E-state index contributed by atoms with van der Waals surface area (Å²) in [5.41, 5.74) is 1.20. The zero-order valence-electron chi connectivity index (χ0n) is 15.8. The van der Waals surface area contributed by atoms with Gasteiger partial charge >= 0.3 is 0 Å². The minimum Gasteiger partial charge on any atom is -0.486 e. The summed E-state index contributed by atoms with van der Waals surface area (Å²) in [5.74, 6) is -2.01. The maximum absolute atomic E-state index is 13.9. The van der Waals surface area contributed by atoms with Crippen LogP contribution in [0.25, 0.3) is 11.1 Å². The lowest BCUT2D eigenvalue weighted by molar-refractivity contribution is -0.109. The molecule has 0 bridgehead atoms. The maximum Gasteiger partial charge on any atom is 0.161 e. The summed E-state index contributed by atoms with van der Waals surface area (Å²) in [6, 6.07) is 7.50. The van der Waals surface area contributed by atoms with E-state index in [9.17, 15) is 18.0 Å². The lowest BCUT2D eigenvalue weighted by Crippen LogP contribution is -2.30. The molecule has 0 saturated carbocycles. The van der Waals surface area contributed by atoms with E-state index in [2.05, 4.69) is 22.9 Å². The Morgan fingerprint density at radius 1 is 1.13 bits per heavy atom. The smallest absolute Gasteiger partial charge is 0.161 e. The second-order valence-electron chi connectivity index (χ2n) is 6.43. The first kappa shape index (κ1) is 22.3. The Bertz CT molecular complexity index is 996. The average molecular weight is 453 g/mol. The highest BCUT2D eigenvalue weighted by Gasteiger charge is 2.12. The molecule has 3 rings (SSSR count). The van der Waals surface area contributed by atoms with Crippen molar-refractivity contribution < 1.29 is 22.7 Å². The fraction of sp³-hybridized carbons (Fsp3) is 0.238. The molecule has 0 amide bonds. The van der Waals surface area contributed by atoms with Crippen molar-refractivity contribution in [2.75, 3.05) is 5.75 Å². The van der Waals surface area contributed by atoms with Crippen molar-refractivity contribution >= 4 is 30.3 Å². The monoisotopic (exact) mass is 452 g/mol. The highest BCUT2D eigenvalue weighted by atomic mass is 32.1. The minimum absolute atomic E-state index is 0.0240. The van der Waals surface area contributed by atoms with Gasteiger partial charge in [-0.25, -0.2) is 18.2 Å². The van der Waals surface area contributed by atoms with Gasteiger partial charge in [-0.05, 0) is 35.9 Å². The number of nitrogens with one attached hydrogen (secondary N) is 1. The third-order valence-electron chi connectivity index (χ3n) is 4.29. The fourth-order valence-electron chi connectivity index (χ4n) is 2.71. The molecule has 1 unspecified atom stereocenters. The molecule has 158 valence electrons. The van der Waals surface area contributed by atoms with Crippen molar-refractivity contribution in [3.8, 4) is 16.9 Å². The van der Waals surface area contributed by atoms with Crippen LogP contribution in [0.4, 0.5) is 13.2 Å². The number of hydrogen-bond acceptors (Lipinski definition) is 6. The van der Waals surface area contributed by atoms with Crippen LogP contribution in [0.15, 0.2) is 41.8 Å². The van der Waals surface area contributed by atoms with Crippen molar-refractivity contribution in [1.82, 2.24) is 10.3 Å². The molecule has 30 heavy (non-hydrogen) atoms. The Labute approximate surface area is 181 Å². The van der Waals surface area contributed by atoms with Crippen LogP contribution >= 0.6 is 24.0 Å². The molecule has 3 aromatic rings. The Morgan fingerprint density at radius 3 is 2.57 bits per heavy atom. The van der Waals surface area contributed by atoms with Gasteiger partial charge in [0.05, 0.1) is 11.7 Å². The molecule has 0 aliphatic carbocycles. The zero-order valence-corrected chi connectivity index (χ0v) is 17.5. The van der Waals surface area contributed by atoms with E-state index in [0.29, 0.717) is 36.1 Å². The first-order valence-corrected chi connectivity index (χ1v) is 10.6. The number of hydrogen-bond donors (Lipinski definition) is 2. The second-order valence-corrected chi connectivity index (χ2v) is 7.82. The summed E-state index contributed by atoms with van der Waals surface area (Å²) in [5, 5.41) is 5.77. The highest BCUT2D eigenvalue weighted by Crippen LogP contribution is 2.27. The van der Waals surface area contributed by atoms with Gasteiger partial charge in [-0.15, -0.1) is 11.3 Å². The van der Waals surface area contributed by atoms with E-state index in [1.807, 2.05) is 5.38 Å². The molecule has 0 spiro atoms. The van der Waals surface area contributed by atoms with Crippen LogP contribution in [0, 0.1) is 17.5 Å². The molecular weight excluding hydrogens is 433 g/mol. The molecule has 0 fully saturated rings. The molecule has 2 aromatic carbocycles. The van der Waals surface area contributed by atoms with Crippen LogP contribution in [0.3, 0.4) is 0 Å². The second kappa shape index (κ2) is 10.6. The predicted octanol–water partition coefficient (Wildman–Crippen LogP) is 4.78. The van der Waals surface area contributed by atoms with Crippen LogP contribution in [-0.2, 0) is 17.9 Å². The third kappa shape index (κ3) is 5.84. The lowest BCUT2D eigenvalue weighted by atomic mass is 10.0. The van der Waals surface area contributed by atoms with Crippen molar-refractivity contribution in [2.45, 2.75) is 25.6 Å². The van der Waals surface area contributed by atoms with Crippen LogP contribution in [0.2, 0.25) is 0 Å². The zero-order chi connectivity index (χ0) is 21.5. The number of carbonyl (C=O) groups excluding carboxylic acids is 1. The molecule has 1 aromatic heterocycles. The SMILES string of the molecule is O=CC(CCS)NCc1csc(COc2ccc(-c3cc(F)c(F)cc3F)cc2)n1. The Kier molecular flexibility index (Phi) is 7.89. The summed E-state index contributed by atoms with van der Waals surface area (Å²) in [6.45, 7) is 0.722. The summed E-state index contributed by atoms with van der Waals surface area (Å²) in [4.78, 5) is 15.4. The van der Waals surface area contributed by atoms with Gasteiger partial charge in [-0.1, -0.05) is 12.1 Å². The van der Waals surface area contributed by atoms with Gasteiger partial charge in [0, 0.05) is 23.6 Å². The standard InChI is InChI=1S/C21H19F3N2O2S2/c22-18-8-20(24)19(23)7-17(18)13-1-3-16(4-2-13)28-11-21-26-15(12-30-21)9-25-14(10-27)5-6-29/h1-4,7-8,10,12,14,25,29H,5-6,9,11H2. The summed E-state index contributed by atoms with van der Waals surface area (Å²) in [7, 11) is 0. The van der Waals surface area contributed by atoms with Crippen molar-refractivity contribution in [2.24, 2.45) is 0 Å². The molecule has 0 aliphatic heterocycles. The van der Waals surface area contributed by atoms with Gasteiger partial charge in [0.25, 0.3) is 0 Å². The van der Waals surface area contributed by atoms with E-state index in [4.69, 9.17) is 4.74 Å². The van der Waals surface area contributed by atoms with Gasteiger partial charge in [-0.3, -0.25) is 0 Å². The van der Waals surface area contributed by atoms with Crippen molar-refractivity contribution in [1.29, 1.82) is 0 Å². The van der Waals surface area contributed by atoms with E-state index in [0.717, 1.165) is 23.1 Å². The average Bonchev–Trinajstić information content (AvgIpc) is 3.20. The van der Waals surface area contributed by atoms with Crippen molar-refractivity contribution in [3.63, 3.8) is 0 Å². The number of thiazole rings is 1. The largest absolute Gasteiger partial charge is 0.486 e. The summed E-state index contributed by atoms with van der Waals surface area (Å²) in [6.07, 6.45) is 1.51. The first-order valence-electron chi connectivity index (χ1n) is 9.10. The van der Waals surface area contributed by atoms with Crippen LogP contribution < -0.4 is 10.1 Å². The summed E-state index contributed by atoms with van der Waals surface area (Å²) < 4.78 is 46.1. The van der Waals surface area contributed by atoms with Gasteiger partial charge in [-0.2, -0.15) is 12.6 Å². The number of benzene rings is 2. The van der Waals surface area contributed by atoms with E-state index < -0.39 is 17.5 Å². The first-order chi connectivity index (χ1) is 14.5. The minimum atomic E-state index is -1.22. The molecule has 1 heterocycles. The quantitative estimate of drug-likeness (QED) is 0.264. The third-order valence-corrected chi connectivity index (χ3v) is 5.42. The highest BCUT2D eigenvalue weighted by molar-refractivity contribution is 7.80. The van der Waals surface area contributed by atoms with Gasteiger partial charge in [0.15, 0.2) is 11.6 Å². The van der Waals surface area contributed by atoms with Crippen LogP contribution in [0.5, 0.6) is 5.75 Å². The van der Waals surface area contributed by atoms with E-state index in [1.54, 1.807) is 24.3 Å². The number of aromatic nitrogens is 1. The molecule has 1 N–H and O–H groups in total. The lowest BCUT2D eigenvalue weighted by Gasteiger charge is -2.09. The maximum atomic E-state index is 13.9. The van der Waals surface area contributed by atoms with Gasteiger partial charge < -0.3 is 14.8 Å². The Balaban J connectivity index is 1.56. The number of rotatable bonds is 10. The molecule has 4 nitrogen and oxygen atoms in total. The van der Waals surface area contributed by atoms with Crippen molar-refractivity contribution in [3.05, 3.63) is 69.9 Å². The molecule has 1 atom stereocenters. The molecule has 9 heteroatoms. The molecule has 0 radical (unpaired) electrons. The number of aldehydes is 1. The van der Waals surface area contributed by atoms with Gasteiger partial charge in [0.1, 0.15) is 29.5 Å². The van der Waals surface area contributed by atoms with Crippen LogP contribution in [-0.4, -0.2) is 23.1 Å².